The highest BCUT2D eigenvalue weighted by molar-refractivity contribution is 7.25. The average Bonchev–Trinajstić information content (AvgIpc) is 3.58. The summed E-state index contributed by atoms with van der Waals surface area (Å²) in [6.45, 7) is 0. The Balaban J connectivity index is 1.16. The van der Waals surface area contributed by atoms with E-state index >= 15 is 0 Å². The molecule has 4 heteroatoms. The second kappa shape index (κ2) is 12.1. The van der Waals surface area contributed by atoms with E-state index in [4.69, 9.17) is 15.0 Å². The topological polar surface area (TPSA) is 38.7 Å². The summed E-state index contributed by atoms with van der Waals surface area (Å²) in [5.41, 5.74) is 7.62. The average molecular weight is 668 g/mol. The van der Waals surface area contributed by atoms with Gasteiger partial charge in [-0.2, -0.15) is 0 Å². The van der Waals surface area contributed by atoms with Crippen LogP contribution in [0.2, 0.25) is 0 Å². The van der Waals surface area contributed by atoms with Crippen LogP contribution in [0.4, 0.5) is 0 Å². The standard InChI is InChI=1S/C47H29N3S/c1-3-12-30(13-4-1)33-23-22-31-16-11-20-40(42(31)28-33)46-48-45(32-14-5-2-6-15-32)49-47(50-46)41-27-26-35(36-17-7-8-18-37(36)41)34-24-25-39-38-19-9-10-21-43(38)51-44(39)29-34/h1-29H. The maximum atomic E-state index is 5.25. The molecule has 0 radical (unpaired) electrons. The van der Waals surface area contributed by atoms with Crippen LogP contribution in [0, 0.1) is 0 Å². The van der Waals surface area contributed by atoms with Gasteiger partial charge in [0.05, 0.1) is 0 Å². The van der Waals surface area contributed by atoms with Crippen LogP contribution in [0.5, 0.6) is 0 Å². The van der Waals surface area contributed by atoms with Gasteiger partial charge in [0.15, 0.2) is 17.5 Å². The third-order valence-electron chi connectivity index (χ3n) is 9.75. The highest BCUT2D eigenvalue weighted by Gasteiger charge is 2.18. The van der Waals surface area contributed by atoms with Gasteiger partial charge in [0, 0.05) is 36.9 Å². The van der Waals surface area contributed by atoms with E-state index in [1.165, 1.54) is 36.9 Å². The molecule has 0 aliphatic heterocycles. The molecular weight excluding hydrogens is 639 g/mol. The molecule has 0 fully saturated rings. The normalized spacial score (nSPS) is 11.5. The van der Waals surface area contributed by atoms with Gasteiger partial charge in [-0.1, -0.05) is 152 Å². The Morgan fingerprint density at radius 2 is 0.882 bits per heavy atom. The molecule has 0 amide bonds. The minimum atomic E-state index is 0.648. The number of nitrogens with zero attached hydrogens (tertiary/aromatic N) is 3. The first-order valence-electron chi connectivity index (χ1n) is 17.1. The summed E-state index contributed by atoms with van der Waals surface area (Å²) in [5.74, 6) is 1.95. The van der Waals surface area contributed by atoms with Gasteiger partial charge < -0.3 is 0 Å². The molecule has 0 saturated heterocycles. The molecule has 0 N–H and O–H groups in total. The quantitative estimate of drug-likeness (QED) is 0.183. The van der Waals surface area contributed by atoms with Crippen molar-refractivity contribution in [3.8, 4) is 56.4 Å². The maximum Gasteiger partial charge on any atom is 0.164 e. The zero-order valence-corrected chi connectivity index (χ0v) is 28.3. The minimum Gasteiger partial charge on any atom is -0.208 e. The van der Waals surface area contributed by atoms with Crippen molar-refractivity contribution in [1.82, 2.24) is 15.0 Å². The van der Waals surface area contributed by atoms with Crippen LogP contribution in [0.1, 0.15) is 0 Å². The summed E-state index contributed by atoms with van der Waals surface area (Å²) in [7, 11) is 0. The molecule has 0 unspecified atom stereocenters. The summed E-state index contributed by atoms with van der Waals surface area (Å²) < 4.78 is 2.61. The van der Waals surface area contributed by atoms with Crippen LogP contribution in [0.25, 0.3) is 98.1 Å². The lowest BCUT2D eigenvalue weighted by Gasteiger charge is -2.14. The molecule has 51 heavy (non-hydrogen) atoms. The van der Waals surface area contributed by atoms with E-state index < -0.39 is 0 Å². The minimum absolute atomic E-state index is 0.648. The number of hydrogen-bond acceptors (Lipinski definition) is 4. The van der Waals surface area contributed by atoms with E-state index in [2.05, 4.69) is 152 Å². The fourth-order valence-electron chi connectivity index (χ4n) is 7.25. The predicted molar refractivity (Wildman–Crippen MR) is 215 cm³/mol. The number of rotatable bonds is 5. The molecule has 0 atom stereocenters. The van der Waals surface area contributed by atoms with Crippen molar-refractivity contribution in [1.29, 1.82) is 0 Å². The third kappa shape index (κ3) is 5.16. The lowest BCUT2D eigenvalue weighted by Crippen LogP contribution is -2.01. The molecule has 10 aromatic rings. The first-order chi connectivity index (χ1) is 25.3. The van der Waals surface area contributed by atoms with Gasteiger partial charge in [0.1, 0.15) is 0 Å². The van der Waals surface area contributed by atoms with Crippen LogP contribution in [-0.2, 0) is 0 Å². The molecule has 10 rings (SSSR count). The van der Waals surface area contributed by atoms with E-state index in [0.717, 1.165) is 43.8 Å². The lowest BCUT2D eigenvalue weighted by atomic mass is 9.94. The van der Waals surface area contributed by atoms with Crippen molar-refractivity contribution in [2.45, 2.75) is 0 Å². The molecule has 0 spiro atoms. The van der Waals surface area contributed by atoms with Gasteiger partial charge in [-0.25, -0.2) is 15.0 Å². The van der Waals surface area contributed by atoms with Crippen LogP contribution >= 0.6 is 11.3 Å². The molecule has 238 valence electrons. The van der Waals surface area contributed by atoms with Crippen molar-refractivity contribution in [2.24, 2.45) is 0 Å². The fourth-order valence-corrected chi connectivity index (χ4v) is 8.40. The first-order valence-corrected chi connectivity index (χ1v) is 17.9. The smallest absolute Gasteiger partial charge is 0.164 e. The first kappa shape index (κ1) is 29.4. The zero-order chi connectivity index (χ0) is 33.7. The number of benzene rings is 8. The predicted octanol–water partition coefficient (Wildman–Crippen LogP) is 12.9. The zero-order valence-electron chi connectivity index (χ0n) is 27.5. The molecule has 2 heterocycles. The van der Waals surface area contributed by atoms with E-state index in [1.54, 1.807) is 0 Å². The number of aromatic nitrogens is 3. The largest absolute Gasteiger partial charge is 0.208 e. The van der Waals surface area contributed by atoms with Gasteiger partial charge in [0.2, 0.25) is 0 Å². The number of fused-ring (bicyclic) bond motifs is 5. The second-order valence-corrected chi connectivity index (χ2v) is 13.9. The van der Waals surface area contributed by atoms with Crippen molar-refractivity contribution >= 4 is 53.1 Å². The van der Waals surface area contributed by atoms with Crippen molar-refractivity contribution in [3.05, 3.63) is 176 Å². The molecule has 8 aromatic carbocycles. The van der Waals surface area contributed by atoms with E-state index in [-0.39, 0.29) is 0 Å². The van der Waals surface area contributed by atoms with Crippen LogP contribution < -0.4 is 0 Å². The van der Waals surface area contributed by atoms with Gasteiger partial charge in [-0.15, -0.1) is 11.3 Å². The van der Waals surface area contributed by atoms with Gasteiger partial charge in [-0.3, -0.25) is 0 Å². The Morgan fingerprint density at radius 3 is 1.67 bits per heavy atom. The summed E-state index contributed by atoms with van der Waals surface area (Å²) in [6, 6.07) is 62.2. The molecular formula is C47H29N3S. The summed E-state index contributed by atoms with van der Waals surface area (Å²) in [5, 5.41) is 7.12. The monoisotopic (exact) mass is 667 g/mol. The second-order valence-electron chi connectivity index (χ2n) is 12.8. The van der Waals surface area contributed by atoms with Crippen LogP contribution in [-0.4, -0.2) is 15.0 Å². The van der Waals surface area contributed by atoms with Crippen molar-refractivity contribution in [2.75, 3.05) is 0 Å². The Morgan fingerprint density at radius 1 is 0.294 bits per heavy atom. The van der Waals surface area contributed by atoms with Gasteiger partial charge in [-0.05, 0) is 68.1 Å². The van der Waals surface area contributed by atoms with Gasteiger partial charge >= 0.3 is 0 Å². The third-order valence-corrected chi connectivity index (χ3v) is 10.9. The summed E-state index contributed by atoms with van der Waals surface area (Å²) in [6.07, 6.45) is 0. The van der Waals surface area contributed by atoms with E-state index in [9.17, 15) is 0 Å². The maximum absolute atomic E-state index is 5.25. The Bertz CT molecular complexity index is 2910. The van der Waals surface area contributed by atoms with Crippen LogP contribution in [0.3, 0.4) is 0 Å². The molecule has 3 nitrogen and oxygen atoms in total. The van der Waals surface area contributed by atoms with Gasteiger partial charge in [0.25, 0.3) is 0 Å². The lowest BCUT2D eigenvalue weighted by molar-refractivity contribution is 1.08. The molecule has 0 aliphatic carbocycles. The highest BCUT2D eigenvalue weighted by atomic mass is 32.1. The fraction of sp³-hybridized carbons (Fsp3) is 0. The Kier molecular flexibility index (Phi) is 7.00. The Hall–Kier alpha value is -6.49. The SMILES string of the molecule is c1ccc(-c2ccc3cccc(-c4nc(-c5ccccc5)nc(-c5ccc(-c6ccc7c(c6)sc6ccccc67)c6ccccc56)n4)c3c2)cc1. The number of thiophene rings is 1. The molecule has 2 aromatic heterocycles. The van der Waals surface area contributed by atoms with Crippen molar-refractivity contribution in [3.63, 3.8) is 0 Å². The summed E-state index contributed by atoms with van der Waals surface area (Å²) in [4.78, 5) is 15.5. The molecule has 0 saturated carbocycles. The van der Waals surface area contributed by atoms with Crippen LogP contribution in [0.15, 0.2) is 176 Å². The summed E-state index contributed by atoms with van der Waals surface area (Å²) >= 11 is 1.85. The Labute approximate surface area is 299 Å². The highest BCUT2D eigenvalue weighted by Crippen LogP contribution is 2.40. The van der Waals surface area contributed by atoms with E-state index in [1.807, 2.05) is 35.6 Å². The molecule has 0 aliphatic rings. The molecule has 0 bridgehead atoms. The van der Waals surface area contributed by atoms with E-state index in [0.29, 0.717) is 17.5 Å². The van der Waals surface area contributed by atoms with Crippen molar-refractivity contribution < 1.29 is 0 Å². The number of hydrogen-bond donors (Lipinski definition) is 0.